The Labute approximate surface area is 152 Å². The summed E-state index contributed by atoms with van der Waals surface area (Å²) in [4.78, 5) is 17.3. The average Bonchev–Trinajstić information content (AvgIpc) is 2.44. The third-order valence-electron chi connectivity index (χ3n) is 4.91. The third-order valence-corrected chi connectivity index (χ3v) is 5.67. The van der Waals surface area contributed by atoms with E-state index in [-0.39, 0.29) is 36.1 Å². The van der Waals surface area contributed by atoms with E-state index in [9.17, 15) is 13.2 Å². The molecule has 2 aliphatic heterocycles. The van der Waals surface area contributed by atoms with Gasteiger partial charge in [0.1, 0.15) is 0 Å². The normalized spacial score (nSPS) is 28.3. The summed E-state index contributed by atoms with van der Waals surface area (Å²) in [5.41, 5.74) is 0. The van der Waals surface area contributed by atoms with Gasteiger partial charge < -0.3 is 9.64 Å². The van der Waals surface area contributed by atoms with Gasteiger partial charge in [0.15, 0.2) is 0 Å². The van der Waals surface area contributed by atoms with Crippen molar-refractivity contribution in [1.82, 2.24) is 14.5 Å². The molecule has 1 N–H and O–H groups in total. The molecule has 0 saturated carbocycles. The van der Waals surface area contributed by atoms with Gasteiger partial charge in [0.05, 0.1) is 24.5 Å². The minimum Gasteiger partial charge on any atom is -0.373 e. The molecule has 0 spiro atoms. The number of amides is 1. The van der Waals surface area contributed by atoms with Crippen LogP contribution in [0, 0.1) is 5.92 Å². The van der Waals surface area contributed by atoms with Crippen LogP contribution in [0.25, 0.3) is 0 Å². The van der Waals surface area contributed by atoms with E-state index in [1.54, 1.807) is 0 Å². The molecule has 2 heterocycles. The van der Waals surface area contributed by atoms with Crippen LogP contribution in [-0.2, 0) is 19.6 Å². The Morgan fingerprint density at radius 3 is 2.08 bits per heavy atom. The van der Waals surface area contributed by atoms with Crippen molar-refractivity contribution in [1.29, 1.82) is 0 Å². The molecule has 0 aromatic carbocycles. The Balaban J connectivity index is 1.99. The molecule has 3 unspecified atom stereocenters. The van der Waals surface area contributed by atoms with E-state index >= 15 is 0 Å². The number of likely N-dealkylation sites (tertiary alicyclic amines) is 1. The predicted molar refractivity (Wildman–Crippen MR) is 97.8 cm³/mol. The number of ether oxygens (including phenoxy) is 1. The minimum absolute atomic E-state index is 0.0695. The molecule has 2 saturated heterocycles. The van der Waals surface area contributed by atoms with E-state index in [2.05, 4.69) is 23.5 Å². The Kier molecular flexibility index (Phi) is 6.87. The second-order valence-electron chi connectivity index (χ2n) is 7.89. The molecule has 0 radical (unpaired) electrons. The predicted octanol–water partition coefficient (Wildman–Crippen LogP) is 0.660. The van der Waals surface area contributed by atoms with Gasteiger partial charge in [0, 0.05) is 32.2 Å². The van der Waals surface area contributed by atoms with Gasteiger partial charge in [0.25, 0.3) is 0 Å². The second-order valence-corrected chi connectivity index (χ2v) is 9.67. The molecular formula is C17H33N3O4S. The molecule has 1 amide bonds. The lowest BCUT2D eigenvalue weighted by Crippen LogP contribution is -2.59. The summed E-state index contributed by atoms with van der Waals surface area (Å²) in [6, 6.07) is -0.215. The summed E-state index contributed by atoms with van der Waals surface area (Å²) in [5, 5.41) is 0. The van der Waals surface area contributed by atoms with Crippen molar-refractivity contribution in [2.24, 2.45) is 5.92 Å². The van der Waals surface area contributed by atoms with Crippen molar-refractivity contribution in [3.8, 4) is 0 Å². The molecule has 7 nitrogen and oxygen atoms in total. The van der Waals surface area contributed by atoms with Crippen LogP contribution in [-0.4, -0.2) is 80.9 Å². The number of carbonyl (C=O) groups excluding carboxylic acids is 1. The van der Waals surface area contributed by atoms with Gasteiger partial charge in [-0.25, -0.2) is 13.1 Å². The van der Waals surface area contributed by atoms with Gasteiger partial charge in [-0.2, -0.15) is 0 Å². The van der Waals surface area contributed by atoms with Gasteiger partial charge in [-0.3, -0.25) is 9.69 Å². The number of hydrogen-bond acceptors (Lipinski definition) is 5. The van der Waals surface area contributed by atoms with Crippen LogP contribution in [0.2, 0.25) is 0 Å². The first-order chi connectivity index (χ1) is 11.6. The summed E-state index contributed by atoms with van der Waals surface area (Å²) in [6.07, 6.45) is 2.77. The van der Waals surface area contributed by atoms with Crippen molar-refractivity contribution >= 4 is 15.9 Å². The Morgan fingerprint density at radius 2 is 1.64 bits per heavy atom. The van der Waals surface area contributed by atoms with Crippen molar-refractivity contribution in [3.05, 3.63) is 0 Å². The van der Waals surface area contributed by atoms with Crippen LogP contribution in [0.5, 0.6) is 0 Å². The highest BCUT2D eigenvalue weighted by Crippen LogP contribution is 2.22. The number of carbonyl (C=O) groups is 1. The molecule has 0 aliphatic carbocycles. The molecule has 0 bridgehead atoms. The summed E-state index contributed by atoms with van der Waals surface area (Å²) in [7, 11) is -3.20. The minimum atomic E-state index is -3.20. The van der Waals surface area contributed by atoms with E-state index in [4.69, 9.17) is 4.74 Å². The van der Waals surface area contributed by atoms with Crippen LogP contribution in [0.15, 0.2) is 0 Å². The third kappa shape index (κ3) is 5.91. The fraction of sp³-hybridized carbons (Fsp3) is 0.941. The fourth-order valence-corrected chi connectivity index (χ4v) is 4.86. The number of nitrogens with one attached hydrogen (secondary N) is 1. The number of morpholine rings is 1. The standard InChI is InChI=1S/C17H33N3O4S/c1-12(2)16(20-10-13(3)24-14(4)11-20)17(21)19-8-6-15(7-9-19)18-25(5,22)23/h12-16,18H,6-11H2,1-5H3. The lowest BCUT2D eigenvalue weighted by molar-refractivity contribution is -0.146. The molecule has 8 heteroatoms. The first-order valence-corrected chi connectivity index (χ1v) is 11.1. The molecule has 2 fully saturated rings. The maximum absolute atomic E-state index is 13.1. The summed E-state index contributed by atoms with van der Waals surface area (Å²) < 4.78 is 31.2. The van der Waals surface area contributed by atoms with E-state index in [0.29, 0.717) is 25.9 Å². The zero-order chi connectivity index (χ0) is 18.8. The van der Waals surface area contributed by atoms with E-state index in [0.717, 1.165) is 13.1 Å². The van der Waals surface area contributed by atoms with Crippen LogP contribution < -0.4 is 4.72 Å². The van der Waals surface area contributed by atoms with Crippen LogP contribution in [0.3, 0.4) is 0 Å². The molecule has 25 heavy (non-hydrogen) atoms. The van der Waals surface area contributed by atoms with E-state index < -0.39 is 10.0 Å². The maximum Gasteiger partial charge on any atom is 0.240 e. The molecule has 146 valence electrons. The second kappa shape index (κ2) is 8.33. The zero-order valence-corrected chi connectivity index (χ0v) is 16.9. The summed E-state index contributed by atoms with van der Waals surface area (Å²) >= 11 is 0. The highest BCUT2D eigenvalue weighted by atomic mass is 32.2. The van der Waals surface area contributed by atoms with Gasteiger partial charge in [-0.05, 0) is 32.6 Å². The molecule has 2 aliphatic rings. The number of rotatable bonds is 5. The Hall–Kier alpha value is -0.700. The van der Waals surface area contributed by atoms with Gasteiger partial charge >= 0.3 is 0 Å². The van der Waals surface area contributed by atoms with E-state index in [1.807, 2.05) is 18.7 Å². The molecular weight excluding hydrogens is 342 g/mol. The lowest BCUT2D eigenvalue weighted by Gasteiger charge is -2.43. The number of sulfonamides is 1. The van der Waals surface area contributed by atoms with Crippen molar-refractivity contribution < 1.29 is 17.9 Å². The molecule has 3 atom stereocenters. The fourth-order valence-electron chi connectivity index (χ4n) is 4.02. The van der Waals surface area contributed by atoms with Crippen molar-refractivity contribution in [3.63, 3.8) is 0 Å². The maximum atomic E-state index is 13.1. The van der Waals surface area contributed by atoms with Gasteiger partial charge in [-0.1, -0.05) is 13.8 Å². The first kappa shape index (κ1) is 20.6. The molecule has 0 aromatic heterocycles. The lowest BCUT2D eigenvalue weighted by atomic mass is 9.97. The smallest absolute Gasteiger partial charge is 0.240 e. The van der Waals surface area contributed by atoms with Crippen molar-refractivity contribution in [2.45, 2.75) is 64.8 Å². The van der Waals surface area contributed by atoms with Crippen LogP contribution in [0.1, 0.15) is 40.5 Å². The molecule has 0 aromatic rings. The SMILES string of the molecule is CC1CN(C(C(=O)N2CCC(NS(C)(=O)=O)CC2)C(C)C)CC(C)O1. The Morgan fingerprint density at radius 1 is 1.12 bits per heavy atom. The average molecular weight is 376 g/mol. The summed E-state index contributed by atoms with van der Waals surface area (Å²) in [5.74, 6) is 0.381. The highest BCUT2D eigenvalue weighted by Gasteiger charge is 2.37. The largest absolute Gasteiger partial charge is 0.373 e. The summed E-state index contributed by atoms with van der Waals surface area (Å²) in [6.45, 7) is 11.0. The Bertz CT molecular complexity index is 548. The first-order valence-electron chi connectivity index (χ1n) is 9.22. The monoisotopic (exact) mass is 375 g/mol. The number of piperidine rings is 1. The van der Waals surface area contributed by atoms with Crippen LogP contribution >= 0.6 is 0 Å². The quantitative estimate of drug-likeness (QED) is 0.764. The highest BCUT2D eigenvalue weighted by molar-refractivity contribution is 7.88. The zero-order valence-electron chi connectivity index (χ0n) is 16.1. The van der Waals surface area contributed by atoms with Gasteiger partial charge in [0.2, 0.25) is 15.9 Å². The van der Waals surface area contributed by atoms with Crippen LogP contribution in [0.4, 0.5) is 0 Å². The topological polar surface area (TPSA) is 79.0 Å². The number of nitrogens with zero attached hydrogens (tertiary/aromatic N) is 2. The van der Waals surface area contributed by atoms with Gasteiger partial charge in [-0.15, -0.1) is 0 Å². The molecule has 2 rings (SSSR count). The van der Waals surface area contributed by atoms with Crippen molar-refractivity contribution in [2.75, 3.05) is 32.4 Å². The number of hydrogen-bond donors (Lipinski definition) is 1. The van der Waals surface area contributed by atoms with E-state index in [1.165, 1.54) is 6.26 Å².